The van der Waals surface area contributed by atoms with Gasteiger partial charge in [-0.3, -0.25) is 0 Å². The number of carbonyl (C=O) groups is 1. The molecule has 1 aliphatic rings. The van der Waals surface area contributed by atoms with Crippen LogP contribution < -0.4 is 24.8 Å². The number of methoxy groups -OCH3 is 1. The summed E-state index contributed by atoms with van der Waals surface area (Å²) in [5.74, 6) is 2.02. The van der Waals surface area contributed by atoms with Gasteiger partial charge in [-0.2, -0.15) is 0 Å². The lowest BCUT2D eigenvalue weighted by Crippen LogP contribution is -2.42. The lowest BCUT2D eigenvalue weighted by Gasteiger charge is -2.26. The number of benzene rings is 2. The molecule has 0 radical (unpaired) electrons. The third-order valence-electron chi connectivity index (χ3n) is 3.41. The van der Waals surface area contributed by atoms with Gasteiger partial charge < -0.3 is 24.8 Å². The second kappa shape index (κ2) is 6.91. The summed E-state index contributed by atoms with van der Waals surface area (Å²) in [7, 11) is 1.56. The number of carbonyl (C=O) groups excluding carboxylic acids is 1. The Hall–Kier alpha value is -2.89. The molecule has 0 saturated carbocycles. The summed E-state index contributed by atoms with van der Waals surface area (Å²) < 4.78 is 16.6. The lowest BCUT2D eigenvalue weighted by atomic mass is 10.2. The van der Waals surface area contributed by atoms with Crippen LogP contribution in [0.2, 0.25) is 0 Å². The van der Waals surface area contributed by atoms with Crippen LogP contribution in [0.25, 0.3) is 0 Å². The number of ether oxygens (including phenoxy) is 3. The molecule has 3 rings (SSSR count). The van der Waals surface area contributed by atoms with Crippen LogP contribution in [0.15, 0.2) is 48.5 Å². The Labute approximate surface area is 134 Å². The van der Waals surface area contributed by atoms with Crippen molar-refractivity contribution >= 4 is 11.7 Å². The highest BCUT2D eigenvalue weighted by Crippen LogP contribution is 2.30. The molecule has 6 nitrogen and oxygen atoms in total. The molecule has 0 aromatic heterocycles. The molecule has 120 valence electrons. The van der Waals surface area contributed by atoms with Crippen LogP contribution >= 0.6 is 0 Å². The quantitative estimate of drug-likeness (QED) is 0.910. The van der Waals surface area contributed by atoms with Crippen LogP contribution in [0.1, 0.15) is 0 Å². The minimum Gasteiger partial charge on any atom is -0.495 e. The molecule has 6 heteroatoms. The number of anilines is 1. The summed E-state index contributed by atoms with van der Waals surface area (Å²) >= 11 is 0. The van der Waals surface area contributed by atoms with Crippen LogP contribution in [0.3, 0.4) is 0 Å². The zero-order valence-corrected chi connectivity index (χ0v) is 12.7. The standard InChI is InChI=1S/C17H18N2O4/c1-21-14-7-3-2-6-13(14)19-17(20)18-10-12-11-22-15-8-4-5-9-16(15)23-12/h2-9,12H,10-11H2,1H3,(H2,18,19,20)/t12-/m0/s1. The molecule has 23 heavy (non-hydrogen) atoms. The number of nitrogens with one attached hydrogen (secondary N) is 2. The van der Waals surface area contributed by atoms with Gasteiger partial charge in [-0.05, 0) is 24.3 Å². The number of rotatable bonds is 4. The van der Waals surface area contributed by atoms with Gasteiger partial charge in [0.25, 0.3) is 0 Å². The zero-order chi connectivity index (χ0) is 16.1. The van der Waals surface area contributed by atoms with E-state index in [1.807, 2.05) is 36.4 Å². The lowest BCUT2D eigenvalue weighted by molar-refractivity contribution is 0.0922. The van der Waals surface area contributed by atoms with E-state index in [0.717, 1.165) is 5.75 Å². The van der Waals surface area contributed by atoms with Gasteiger partial charge in [0.1, 0.15) is 12.4 Å². The monoisotopic (exact) mass is 314 g/mol. The molecule has 2 aromatic rings. The first kappa shape index (κ1) is 15.0. The number of para-hydroxylation sites is 4. The molecule has 1 heterocycles. The summed E-state index contributed by atoms with van der Waals surface area (Å²) in [6.07, 6.45) is -0.228. The average Bonchev–Trinajstić information content (AvgIpc) is 2.60. The summed E-state index contributed by atoms with van der Waals surface area (Å²) in [5, 5.41) is 5.52. The highest BCUT2D eigenvalue weighted by molar-refractivity contribution is 5.90. The topological polar surface area (TPSA) is 68.8 Å². The third-order valence-corrected chi connectivity index (χ3v) is 3.41. The van der Waals surface area contributed by atoms with Gasteiger partial charge >= 0.3 is 6.03 Å². The van der Waals surface area contributed by atoms with Gasteiger partial charge in [0, 0.05) is 0 Å². The molecule has 2 amide bonds. The Morgan fingerprint density at radius 3 is 2.74 bits per heavy atom. The van der Waals surface area contributed by atoms with Crippen molar-refractivity contribution in [2.75, 3.05) is 25.6 Å². The normalized spacial score (nSPS) is 15.6. The first-order chi connectivity index (χ1) is 11.3. The van der Waals surface area contributed by atoms with Gasteiger partial charge in [-0.15, -0.1) is 0 Å². The molecular weight excluding hydrogens is 296 g/mol. The molecular formula is C17H18N2O4. The van der Waals surface area contributed by atoms with E-state index in [9.17, 15) is 4.79 Å². The van der Waals surface area contributed by atoms with Gasteiger partial charge in [-0.1, -0.05) is 24.3 Å². The van der Waals surface area contributed by atoms with Crippen LogP contribution in [0.5, 0.6) is 17.2 Å². The van der Waals surface area contributed by atoms with Gasteiger partial charge in [0.15, 0.2) is 17.6 Å². The largest absolute Gasteiger partial charge is 0.495 e. The van der Waals surface area contributed by atoms with Crippen LogP contribution in [0, 0.1) is 0 Å². The number of urea groups is 1. The molecule has 0 unspecified atom stereocenters. The van der Waals surface area contributed by atoms with Gasteiger partial charge in [0.05, 0.1) is 19.3 Å². The Morgan fingerprint density at radius 2 is 1.91 bits per heavy atom. The van der Waals surface area contributed by atoms with Gasteiger partial charge in [-0.25, -0.2) is 4.79 Å². The molecule has 1 atom stereocenters. The molecule has 2 aromatic carbocycles. The van der Waals surface area contributed by atoms with E-state index < -0.39 is 0 Å². The maximum Gasteiger partial charge on any atom is 0.319 e. The van der Waals surface area contributed by atoms with E-state index in [0.29, 0.717) is 30.3 Å². The fourth-order valence-corrected chi connectivity index (χ4v) is 2.28. The van der Waals surface area contributed by atoms with Crippen molar-refractivity contribution in [3.63, 3.8) is 0 Å². The van der Waals surface area contributed by atoms with Crippen molar-refractivity contribution in [3.05, 3.63) is 48.5 Å². The highest BCUT2D eigenvalue weighted by Gasteiger charge is 2.21. The molecule has 0 aliphatic carbocycles. The number of amides is 2. The zero-order valence-electron chi connectivity index (χ0n) is 12.7. The van der Waals surface area contributed by atoms with Crippen molar-refractivity contribution in [1.29, 1.82) is 0 Å². The predicted molar refractivity (Wildman–Crippen MR) is 86.4 cm³/mol. The van der Waals surface area contributed by atoms with E-state index in [1.165, 1.54) is 0 Å². The molecule has 2 N–H and O–H groups in total. The predicted octanol–water partition coefficient (Wildman–Crippen LogP) is 2.66. The number of fused-ring (bicyclic) bond motifs is 1. The Balaban J connectivity index is 1.52. The van der Waals surface area contributed by atoms with Crippen LogP contribution in [-0.4, -0.2) is 32.4 Å². The highest BCUT2D eigenvalue weighted by atomic mass is 16.6. The second-order valence-electron chi connectivity index (χ2n) is 5.03. The van der Waals surface area contributed by atoms with Crippen molar-refractivity contribution < 1.29 is 19.0 Å². The number of hydrogen-bond acceptors (Lipinski definition) is 4. The first-order valence-electron chi connectivity index (χ1n) is 7.32. The minimum atomic E-state index is -0.322. The Kier molecular flexibility index (Phi) is 4.52. The van der Waals surface area contributed by atoms with E-state index in [4.69, 9.17) is 14.2 Å². The third kappa shape index (κ3) is 3.66. The molecule has 1 aliphatic heterocycles. The van der Waals surface area contributed by atoms with Gasteiger partial charge in [0.2, 0.25) is 0 Å². The van der Waals surface area contributed by atoms with Crippen LogP contribution in [-0.2, 0) is 0 Å². The van der Waals surface area contributed by atoms with E-state index in [1.54, 1.807) is 19.2 Å². The maximum atomic E-state index is 12.0. The Bertz CT molecular complexity index is 690. The number of hydrogen-bond donors (Lipinski definition) is 2. The minimum absolute atomic E-state index is 0.228. The van der Waals surface area contributed by atoms with E-state index >= 15 is 0 Å². The van der Waals surface area contributed by atoms with Crippen molar-refractivity contribution in [1.82, 2.24) is 5.32 Å². The molecule has 0 saturated heterocycles. The smallest absolute Gasteiger partial charge is 0.319 e. The molecule has 0 spiro atoms. The van der Waals surface area contributed by atoms with E-state index in [-0.39, 0.29) is 12.1 Å². The van der Waals surface area contributed by atoms with Crippen molar-refractivity contribution in [3.8, 4) is 17.2 Å². The maximum absolute atomic E-state index is 12.0. The Morgan fingerprint density at radius 1 is 1.17 bits per heavy atom. The van der Waals surface area contributed by atoms with Crippen LogP contribution in [0.4, 0.5) is 10.5 Å². The van der Waals surface area contributed by atoms with Crippen molar-refractivity contribution in [2.45, 2.75) is 6.10 Å². The average molecular weight is 314 g/mol. The van der Waals surface area contributed by atoms with E-state index in [2.05, 4.69) is 10.6 Å². The SMILES string of the molecule is COc1ccccc1NC(=O)NC[C@H]1COc2ccccc2O1. The first-order valence-corrected chi connectivity index (χ1v) is 7.32. The molecule has 0 bridgehead atoms. The fraction of sp³-hybridized carbons (Fsp3) is 0.235. The summed E-state index contributed by atoms with van der Waals surface area (Å²) in [5.41, 5.74) is 0.610. The summed E-state index contributed by atoms with van der Waals surface area (Å²) in [6, 6.07) is 14.4. The molecule has 0 fully saturated rings. The second-order valence-corrected chi connectivity index (χ2v) is 5.03. The summed E-state index contributed by atoms with van der Waals surface area (Å²) in [6.45, 7) is 0.737. The fourth-order valence-electron chi connectivity index (χ4n) is 2.28. The summed E-state index contributed by atoms with van der Waals surface area (Å²) in [4.78, 5) is 12.0. The van der Waals surface area contributed by atoms with Crippen molar-refractivity contribution in [2.24, 2.45) is 0 Å².